The Balaban J connectivity index is 1.15. The summed E-state index contributed by atoms with van der Waals surface area (Å²) in [6.45, 7) is 6.88. The molecule has 2 nitrogen and oxygen atoms in total. The van der Waals surface area contributed by atoms with Gasteiger partial charge in [-0.3, -0.25) is 0 Å². The summed E-state index contributed by atoms with van der Waals surface area (Å²) in [6.07, 6.45) is 0. The van der Waals surface area contributed by atoms with Crippen molar-refractivity contribution in [1.29, 1.82) is 0 Å². The van der Waals surface area contributed by atoms with Crippen LogP contribution in [0.25, 0.3) is 71.3 Å². The topological polar surface area (TPSA) is 8.17 Å². The summed E-state index contributed by atoms with van der Waals surface area (Å²) in [6, 6.07) is 73.1. The number of hydrogen-bond donors (Lipinski definition) is 0. The summed E-state index contributed by atoms with van der Waals surface area (Å²) in [4.78, 5) is 2.39. The quantitative estimate of drug-likeness (QED) is 0.155. The highest BCUT2D eigenvalue weighted by Gasteiger charge is 2.21. The molecule has 56 heavy (non-hydrogen) atoms. The lowest BCUT2D eigenvalue weighted by atomic mass is 9.86. The van der Waals surface area contributed by atoms with Gasteiger partial charge in [-0.15, -0.1) is 0 Å². The minimum absolute atomic E-state index is 0.0311. The van der Waals surface area contributed by atoms with Gasteiger partial charge >= 0.3 is 0 Å². The molecule has 0 radical (unpaired) electrons. The van der Waals surface area contributed by atoms with E-state index in [4.69, 9.17) is 0 Å². The highest BCUT2D eigenvalue weighted by atomic mass is 15.1. The van der Waals surface area contributed by atoms with E-state index in [2.05, 4.69) is 230 Å². The first-order valence-corrected chi connectivity index (χ1v) is 19.5. The van der Waals surface area contributed by atoms with Crippen LogP contribution in [0.5, 0.6) is 0 Å². The molecule has 2 heteroatoms. The zero-order valence-corrected chi connectivity index (χ0v) is 31.9. The molecule has 0 unspecified atom stereocenters. The maximum Gasteiger partial charge on any atom is 0.0542 e. The van der Waals surface area contributed by atoms with Crippen LogP contribution < -0.4 is 4.90 Å². The molecule has 10 rings (SSSR count). The molecular formula is C54H42N2. The summed E-state index contributed by atoms with van der Waals surface area (Å²) >= 11 is 0. The second-order valence-electron chi connectivity index (χ2n) is 15.8. The summed E-state index contributed by atoms with van der Waals surface area (Å²) < 4.78 is 2.40. The number of benzene rings is 9. The molecule has 0 saturated carbocycles. The lowest BCUT2D eigenvalue weighted by molar-refractivity contribution is 0.591. The van der Waals surface area contributed by atoms with Gasteiger partial charge in [0, 0.05) is 33.5 Å². The van der Waals surface area contributed by atoms with E-state index >= 15 is 0 Å². The summed E-state index contributed by atoms with van der Waals surface area (Å²) in [7, 11) is 0. The first kappa shape index (κ1) is 33.7. The van der Waals surface area contributed by atoms with Gasteiger partial charge in [-0.1, -0.05) is 154 Å². The van der Waals surface area contributed by atoms with E-state index in [1.807, 2.05) is 0 Å². The summed E-state index contributed by atoms with van der Waals surface area (Å²) in [5.41, 5.74) is 13.3. The minimum Gasteiger partial charge on any atom is -0.310 e. The molecule has 0 amide bonds. The monoisotopic (exact) mass is 718 g/mol. The normalized spacial score (nSPS) is 11.8. The maximum atomic E-state index is 2.40. The summed E-state index contributed by atoms with van der Waals surface area (Å²) in [5, 5.41) is 7.54. The zero-order valence-electron chi connectivity index (χ0n) is 31.9. The minimum atomic E-state index is 0.0311. The molecule has 0 aliphatic rings. The van der Waals surface area contributed by atoms with E-state index < -0.39 is 0 Å². The van der Waals surface area contributed by atoms with Gasteiger partial charge in [0.2, 0.25) is 0 Å². The van der Waals surface area contributed by atoms with E-state index in [1.54, 1.807) is 0 Å². The highest BCUT2D eigenvalue weighted by molar-refractivity contribution is 6.21. The van der Waals surface area contributed by atoms with E-state index in [1.165, 1.54) is 71.2 Å². The molecule has 268 valence electrons. The van der Waals surface area contributed by atoms with Crippen molar-refractivity contribution in [3.63, 3.8) is 0 Å². The Kier molecular flexibility index (Phi) is 8.08. The molecular weight excluding hydrogens is 677 g/mol. The van der Waals surface area contributed by atoms with E-state index in [0.29, 0.717) is 0 Å². The smallest absolute Gasteiger partial charge is 0.0542 e. The Bertz CT molecular complexity index is 2970. The van der Waals surface area contributed by atoms with Gasteiger partial charge in [-0.25, -0.2) is 0 Å². The first-order chi connectivity index (χ1) is 27.4. The highest BCUT2D eigenvalue weighted by Crippen LogP contribution is 2.45. The Hall–Kier alpha value is -6.90. The fraction of sp³-hybridized carbons (Fsp3) is 0.0741. The van der Waals surface area contributed by atoms with Crippen LogP contribution >= 0.6 is 0 Å². The molecule has 0 aliphatic heterocycles. The van der Waals surface area contributed by atoms with Crippen LogP contribution in [0.2, 0.25) is 0 Å². The van der Waals surface area contributed by atoms with Crippen LogP contribution in [0.4, 0.5) is 17.1 Å². The third-order valence-electron chi connectivity index (χ3n) is 11.3. The van der Waals surface area contributed by atoms with Gasteiger partial charge in [0.25, 0.3) is 0 Å². The van der Waals surface area contributed by atoms with Crippen molar-refractivity contribution < 1.29 is 0 Å². The standard InChI is InChI=1S/C54H42N2/c1-54(2,3)39-29-33-50-48(35-39)49-36-43(32-34-51(49)56(50)41-21-11-6-12-22-41)55(40-19-9-5-10-20-40)42-30-27-38(28-31-42)53-46-25-15-13-23-44(46)52(37-17-7-4-8-18-37)45-24-14-16-26-47(45)53/h4-36H,1-3H3. The van der Waals surface area contributed by atoms with Crippen molar-refractivity contribution in [3.05, 3.63) is 206 Å². The number of fused-ring (bicyclic) bond motifs is 5. The zero-order chi connectivity index (χ0) is 37.8. The SMILES string of the molecule is CC(C)(C)c1ccc2c(c1)c1cc(N(c3ccccc3)c3ccc(-c4c5ccccc5c(-c5ccccc5)c5ccccc45)cc3)ccc1n2-c1ccccc1. The van der Waals surface area contributed by atoms with Crippen LogP contribution in [0.15, 0.2) is 200 Å². The molecule has 0 spiro atoms. The fourth-order valence-corrected chi connectivity index (χ4v) is 8.63. The lowest BCUT2D eigenvalue weighted by Crippen LogP contribution is -2.10. The molecule has 0 atom stereocenters. The fourth-order valence-electron chi connectivity index (χ4n) is 8.63. The number of aromatic nitrogens is 1. The molecule has 0 N–H and O–H groups in total. The number of hydrogen-bond acceptors (Lipinski definition) is 1. The Labute approximate surface area is 328 Å². The number of nitrogens with zero attached hydrogens (tertiary/aromatic N) is 2. The molecule has 0 aliphatic carbocycles. The number of rotatable bonds is 6. The van der Waals surface area contributed by atoms with Crippen molar-refractivity contribution in [2.45, 2.75) is 26.2 Å². The van der Waals surface area contributed by atoms with Gasteiger partial charge in [0.15, 0.2) is 0 Å². The first-order valence-electron chi connectivity index (χ1n) is 19.5. The van der Waals surface area contributed by atoms with Crippen molar-refractivity contribution in [1.82, 2.24) is 4.57 Å². The van der Waals surface area contributed by atoms with Gasteiger partial charge in [-0.05, 0) is 122 Å². The molecule has 0 fully saturated rings. The van der Waals surface area contributed by atoms with Crippen LogP contribution in [-0.4, -0.2) is 4.57 Å². The summed E-state index contributed by atoms with van der Waals surface area (Å²) in [5.74, 6) is 0. The van der Waals surface area contributed by atoms with Crippen molar-refractivity contribution in [3.8, 4) is 27.9 Å². The van der Waals surface area contributed by atoms with E-state index in [-0.39, 0.29) is 5.41 Å². The van der Waals surface area contributed by atoms with Crippen molar-refractivity contribution >= 4 is 60.4 Å². The van der Waals surface area contributed by atoms with Gasteiger partial charge in [0.1, 0.15) is 0 Å². The van der Waals surface area contributed by atoms with Gasteiger partial charge < -0.3 is 9.47 Å². The van der Waals surface area contributed by atoms with Crippen LogP contribution in [-0.2, 0) is 5.41 Å². The second-order valence-corrected chi connectivity index (χ2v) is 15.8. The van der Waals surface area contributed by atoms with E-state index in [0.717, 1.165) is 22.7 Å². The third-order valence-corrected chi connectivity index (χ3v) is 11.3. The van der Waals surface area contributed by atoms with Gasteiger partial charge in [-0.2, -0.15) is 0 Å². The lowest BCUT2D eigenvalue weighted by Gasteiger charge is -2.26. The van der Waals surface area contributed by atoms with Crippen LogP contribution in [0.3, 0.4) is 0 Å². The van der Waals surface area contributed by atoms with Crippen molar-refractivity contribution in [2.24, 2.45) is 0 Å². The molecule has 1 aromatic heterocycles. The average molecular weight is 719 g/mol. The molecule has 0 saturated heterocycles. The van der Waals surface area contributed by atoms with E-state index in [9.17, 15) is 0 Å². The predicted octanol–water partition coefficient (Wildman–Crippen LogP) is 15.2. The Morgan fingerprint density at radius 2 is 0.786 bits per heavy atom. The van der Waals surface area contributed by atoms with Crippen molar-refractivity contribution in [2.75, 3.05) is 4.90 Å². The van der Waals surface area contributed by atoms with Crippen LogP contribution in [0, 0.1) is 0 Å². The molecule has 9 aromatic carbocycles. The predicted molar refractivity (Wildman–Crippen MR) is 240 cm³/mol. The maximum absolute atomic E-state index is 2.40. The largest absolute Gasteiger partial charge is 0.310 e. The Morgan fingerprint density at radius 1 is 0.357 bits per heavy atom. The number of para-hydroxylation sites is 2. The molecule has 10 aromatic rings. The second kappa shape index (κ2) is 13.4. The molecule has 1 heterocycles. The molecule has 0 bridgehead atoms. The average Bonchev–Trinajstić information content (AvgIpc) is 3.57. The third kappa shape index (κ3) is 5.65. The Morgan fingerprint density at radius 3 is 1.34 bits per heavy atom. The van der Waals surface area contributed by atoms with Gasteiger partial charge in [0.05, 0.1) is 11.0 Å². The van der Waals surface area contributed by atoms with Crippen LogP contribution in [0.1, 0.15) is 26.3 Å². The number of anilines is 3.